The molecule has 2 heterocycles. The van der Waals surface area contributed by atoms with Crippen LogP contribution in [0.4, 0.5) is 0 Å². The molecule has 6 heteroatoms. The number of rotatable bonds is 3. The van der Waals surface area contributed by atoms with E-state index in [1.165, 1.54) is 0 Å². The first kappa shape index (κ1) is 15.0. The van der Waals surface area contributed by atoms with Crippen molar-refractivity contribution in [1.82, 2.24) is 4.90 Å². The number of ether oxygens (including phenoxy) is 1. The third-order valence-electron chi connectivity index (χ3n) is 3.44. The fourth-order valence-corrected chi connectivity index (χ4v) is 5.09. The van der Waals surface area contributed by atoms with Crippen molar-refractivity contribution in [3.8, 4) is 0 Å². The number of hydrogen-bond donors (Lipinski definition) is 0. The number of likely N-dealkylation sites (tertiary alicyclic amines) is 1. The predicted molar refractivity (Wildman–Crippen MR) is 79.5 cm³/mol. The van der Waals surface area contributed by atoms with Gasteiger partial charge in [-0.05, 0) is 19.8 Å². The van der Waals surface area contributed by atoms with Crippen molar-refractivity contribution in [3.63, 3.8) is 0 Å². The minimum absolute atomic E-state index is 0.0831. The highest BCUT2D eigenvalue weighted by molar-refractivity contribution is 8.07. The van der Waals surface area contributed by atoms with E-state index >= 15 is 0 Å². The van der Waals surface area contributed by atoms with Crippen LogP contribution in [-0.4, -0.2) is 59.0 Å². The average molecular weight is 303 g/mol. The van der Waals surface area contributed by atoms with Crippen LogP contribution in [0.5, 0.6) is 0 Å². The van der Waals surface area contributed by atoms with Gasteiger partial charge in [0.2, 0.25) is 5.91 Å². The number of nitrogens with zero attached hydrogens (tertiary/aromatic N) is 1. The normalized spacial score (nSPS) is 27.9. The number of carbonyl (C=O) groups excluding carboxylic acids is 2. The summed E-state index contributed by atoms with van der Waals surface area (Å²) in [5.74, 6) is 3.04. The van der Waals surface area contributed by atoms with Gasteiger partial charge in [-0.3, -0.25) is 9.59 Å². The first-order valence-electron chi connectivity index (χ1n) is 6.87. The van der Waals surface area contributed by atoms with E-state index in [1.54, 1.807) is 11.8 Å². The van der Waals surface area contributed by atoms with Crippen LogP contribution in [0.1, 0.15) is 19.8 Å². The number of thioether (sulfide) groups is 2. The second kappa shape index (κ2) is 7.43. The van der Waals surface area contributed by atoms with E-state index in [2.05, 4.69) is 0 Å². The topological polar surface area (TPSA) is 46.6 Å². The molecule has 2 fully saturated rings. The number of carbonyl (C=O) groups is 2. The zero-order valence-corrected chi connectivity index (χ0v) is 12.9. The van der Waals surface area contributed by atoms with Crippen LogP contribution < -0.4 is 0 Å². The summed E-state index contributed by atoms with van der Waals surface area (Å²) in [6.45, 7) is 3.56. The first-order valence-corrected chi connectivity index (χ1v) is 9.07. The lowest BCUT2D eigenvalue weighted by Crippen LogP contribution is -2.47. The van der Waals surface area contributed by atoms with E-state index in [0.29, 0.717) is 13.2 Å². The summed E-state index contributed by atoms with van der Waals surface area (Å²) in [4.78, 5) is 26.1. The molecule has 0 radical (unpaired) electrons. The van der Waals surface area contributed by atoms with Gasteiger partial charge < -0.3 is 9.64 Å². The Morgan fingerprint density at radius 2 is 2.21 bits per heavy atom. The summed E-state index contributed by atoms with van der Waals surface area (Å²) >= 11 is 3.61. The Morgan fingerprint density at radius 3 is 2.89 bits per heavy atom. The van der Waals surface area contributed by atoms with Crippen LogP contribution in [0.15, 0.2) is 0 Å². The van der Waals surface area contributed by atoms with Crippen molar-refractivity contribution in [2.24, 2.45) is 5.92 Å². The smallest absolute Gasteiger partial charge is 0.310 e. The standard InChI is InChI=1S/C13H21NO3S2/c1-2-17-13(16)10-4-3-5-14(8-10)12(15)11-9-18-6-7-19-11/h10-11H,2-9H2,1H3/t10-,11-/m1/s1. The Morgan fingerprint density at radius 1 is 1.37 bits per heavy atom. The molecule has 2 rings (SSSR count). The molecule has 1 amide bonds. The largest absolute Gasteiger partial charge is 0.466 e. The fraction of sp³-hybridized carbons (Fsp3) is 0.846. The molecule has 2 atom stereocenters. The minimum atomic E-state index is -0.148. The highest BCUT2D eigenvalue weighted by Gasteiger charge is 2.33. The van der Waals surface area contributed by atoms with Crippen molar-refractivity contribution in [2.45, 2.75) is 25.0 Å². The maximum Gasteiger partial charge on any atom is 0.310 e. The Bertz CT molecular complexity index is 332. The number of piperidine rings is 1. The van der Waals surface area contributed by atoms with Gasteiger partial charge in [-0.25, -0.2) is 0 Å². The molecule has 0 N–H and O–H groups in total. The lowest BCUT2D eigenvalue weighted by atomic mass is 9.98. The van der Waals surface area contributed by atoms with E-state index < -0.39 is 0 Å². The Labute approximate surface area is 123 Å². The molecule has 2 saturated heterocycles. The number of hydrogen-bond acceptors (Lipinski definition) is 5. The minimum Gasteiger partial charge on any atom is -0.466 e. The quantitative estimate of drug-likeness (QED) is 0.742. The summed E-state index contributed by atoms with van der Waals surface area (Å²) in [7, 11) is 0. The molecule has 0 spiro atoms. The molecular weight excluding hydrogens is 282 g/mol. The molecule has 4 nitrogen and oxygen atoms in total. The van der Waals surface area contributed by atoms with Crippen LogP contribution in [0.3, 0.4) is 0 Å². The Kier molecular flexibility index (Phi) is 5.88. The second-order valence-electron chi connectivity index (χ2n) is 4.81. The zero-order valence-electron chi connectivity index (χ0n) is 11.3. The van der Waals surface area contributed by atoms with Crippen molar-refractivity contribution in [2.75, 3.05) is 37.0 Å². The third-order valence-corrected chi connectivity index (χ3v) is 6.19. The van der Waals surface area contributed by atoms with Crippen LogP contribution in [-0.2, 0) is 14.3 Å². The van der Waals surface area contributed by atoms with Crippen LogP contribution in [0.2, 0.25) is 0 Å². The molecular formula is C13H21NO3S2. The highest BCUT2D eigenvalue weighted by atomic mass is 32.2. The Balaban J connectivity index is 1.89. The molecule has 2 aliphatic heterocycles. The molecule has 0 aromatic rings. The molecule has 0 unspecified atom stereocenters. The number of esters is 1. The van der Waals surface area contributed by atoms with Crippen LogP contribution >= 0.6 is 23.5 Å². The van der Waals surface area contributed by atoms with Crippen LogP contribution in [0.25, 0.3) is 0 Å². The van der Waals surface area contributed by atoms with Crippen molar-refractivity contribution >= 4 is 35.4 Å². The average Bonchev–Trinajstić information content (AvgIpc) is 2.48. The molecule has 108 valence electrons. The van der Waals surface area contributed by atoms with Gasteiger partial charge in [-0.15, -0.1) is 11.8 Å². The second-order valence-corrected chi connectivity index (χ2v) is 7.27. The van der Waals surface area contributed by atoms with E-state index in [-0.39, 0.29) is 23.0 Å². The predicted octanol–water partition coefficient (Wildman–Crippen LogP) is 1.64. The van der Waals surface area contributed by atoms with E-state index in [0.717, 1.165) is 36.6 Å². The van der Waals surface area contributed by atoms with Gasteiger partial charge >= 0.3 is 5.97 Å². The molecule has 2 aliphatic rings. The summed E-state index contributed by atoms with van der Waals surface area (Å²) < 4.78 is 5.07. The van der Waals surface area contributed by atoms with Gasteiger partial charge in [0.15, 0.2) is 0 Å². The Hall–Kier alpha value is -0.360. The first-order chi connectivity index (χ1) is 9.22. The molecule has 19 heavy (non-hydrogen) atoms. The third kappa shape index (κ3) is 4.05. The van der Waals surface area contributed by atoms with Gasteiger partial charge in [0.1, 0.15) is 0 Å². The molecule has 0 aromatic heterocycles. The maximum absolute atomic E-state index is 12.4. The summed E-state index contributed by atoms with van der Waals surface area (Å²) in [5.41, 5.74) is 0. The van der Waals surface area contributed by atoms with Gasteiger partial charge in [0.05, 0.1) is 17.8 Å². The van der Waals surface area contributed by atoms with Crippen molar-refractivity contribution in [3.05, 3.63) is 0 Å². The highest BCUT2D eigenvalue weighted by Crippen LogP contribution is 2.27. The SMILES string of the molecule is CCOC(=O)[C@@H]1CCCN(C(=O)[C@H]2CSCCS2)C1. The zero-order chi connectivity index (χ0) is 13.7. The maximum atomic E-state index is 12.4. The molecule has 0 saturated carbocycles. The fourth-order valence-electron chi connectivity index (χ4n) is 2.46. The van der Waals surface area contributed by atoms with Crippen molar-refractivity contribution < 1.29 is 14.3 Å². The lowest BCUT2D eigenvalue weighted by molar-refractivity contribution is -0.151. The monoisotopic (exact) mass is 303 g/mol. The van der Waals surface area contributed by atoms with Crippen LogP contribution in [0, 0.1) is 5.92 Å². The lowest BCUT2D eigenvalue weighted by Gasteiger charge is -2.34. The molecule has 0 aromatic carbocycles. The summed E-state index contributed by atoms with van der Waals surface area (Å²) in [5, 5.41) is 0.0831. The van der Waals surface area contributed by atoms with E-state index in [9.17, 15) is 9.59 Å². The van der Waals surface area contributed by atoms with Gasteiger partial charge in [0.25, 0.3) is 0 Å². The summed E-state index contributed by atoms with van der Waals surface area (Å²) in [6.07, 6.45) is 1.74. The van der Waals surface area contributed by atoms with Gasteiger partial charge in [-0.1, -0.05) is 0 Å². The van der Waals surface area contributed by atoms with Crippen molar-refractivity contribution in [1.29, 1.82) is 0 Å². The van der Waals surface area contributed by atoms with E-state index in [1.807, 2.05) is 23.6 Å². The van der Waals surface area contributed by atoms with Gasteiger partial charge in [0, 0.05) is 30.3 Å². The number of amides is 1. The van der Waals surface area contributed by atoms with E-state index in [4.69, 9.17) is 4.74 Å². The summed E-state index contributed by atoms with van der Waals surface area (Å²) in [6, 6.07) is 0. The molecule has 0 bridgehead atoms. The molecule has 0 aliphatic carbocycles. The van der Waals surface area contributed by atoms with Gasteiger partial charge in [-0.2, -0.15) is 11.8 Å².